The van der Waals surface area contributed by atoms with Crippen molar-refractivity contribution in [2.24, 2.45) is 5.73 Å². The molecule has 0 aliphatic rings. The molecule has 0 fully saturated rings. The van der Waals surface area contributed by atoms with Crippen LogP contribution in [0.2, 0.25) is 0 Å². The molecule has 0 bridgehead atoms. The lowest BCUT2D eigenvalue weighted by atomic mass is 10.2. The second kappa shape index (κ2) is 7.01. The van der Waals surface area contributed by atoms with Gasteiger partial charge in [0.25, 0.3) is 0 Å². The standard InChI is InChI=1S/C12H22N2OS/c1-9-6-12(16-10(9)2)8-14-5-4-11(7-13)15-3/h6,11,14H,4-5,7-8,13H2,1-3H3. The van der Waals surface area contributed by atoms with Crippen molar-refractivity contribution in [2.45, 2.75) is 32.9 Å². The molecule has 4 heteroatoms. The van der Waals surface area contributed by atoms with Gasteiger partial charge in [-0.2, -0.15) is 0 Å². The van der Waals surface area contributed by atoms with Crippen LogP contribution < -0.4 is 11.1 Å². The van der Waals surface area contributed by atoms with Gasteiger partial charge in [0, 0.05) is 30.0 Å². The van der Waals surface area contributed by atoms with E-state index in [-0.39, 0.29) is 6.10 Å². The first-order chi connectivity index (χ1) is 7.67. The van der Waals surface area contributed by atoms with Gasteiger partial charge in [-0.25, -0.2) is 0 Å². The first-order valence-corrected chi connectivity index (χ1v) is 6.48. The summed E-state index contributed by atoms with van der Waals surface area (Å²) < 4.78 is 5.21. The number of nitrogens with one attached hydrogen (secondary N) is 1. The van der Waals surface area contributed by atoms with Gasteiger partial charge in [-0.15, -0.1) is 11.3 Å². The first kappa shape index (κ1) is 13.6. The van der Waals surface area contributed by atoms with Crippen LogP contribution in [0.3, 0.4) is 0 Å². The molecule has 1 unspecified atom stereocenters. The quantitative estimate of drug-likeness (QED) is 0.717. The highest BCUT2D eigenvalue weighted by molar-refractivity contribution is 7.12. The fourth-order valence-corrected chi connectivity index (χ4v) is 2.57. The van der Waals surface area contributed by atoms with Gasteiger partial charge in [-0.1, -0.05) is 0 Å². The fraction of sp³-hybridized carbons (Fsp3) is 0.667. The summed E-state index contributed by atoms with van der Waals surface area (Å²) in [4.78, 5) is 2.81. The maximum atomic E-state index is 5.55. The molecule has 0 aromatic carbocycles. The minimum atomic E-state index is 0.180. The molecule has 1 atom stereocenters. The van der Waals surface area contributed by atoms with Gasteiger partial charge in [0.15, 0.2) is 0 Å². The molecular formula is C12H22N2OS. The van der Waals surface area contributed by atoms with Crippen molar-refractivity contribution >= 4 is 11.3 Å². The van der Waals surface area contributed by atoms with E-state index in [1.165, 1.54) is 15.3 Å². The third-order valence-electron chi connectivity index (χ3n) is 2.76. The van der Waals surface area contributed by atoms with Gasteiger partial charge in [-0.3, -0.25) is 0 Å². The SMILES string of the molecule is COC(CN)CCNCc1cc(C)c(C)s1. The summed E-state index contributed by atoms with van der Waals surface area (Å²) in [5.74, 6) is 0. The molecule has 0 radical (unpaired) electrons. The van der Waals surface area contributed by atoms with E-state index in [1.54, 1.807) is 7.11 Å². The summed E-state index contributed by atoms with van der Waals surface area (Å²) in [6, 6.07) is 2.25. The predicted octanol–water partition coefficient (Wildman–Crippen LogP) is 1.82. The molecule has 0 spiro atoms. The van der Waals surface area contributed by atoms with Crippen LogP contribution in [0.15, 0.2) is 6.07 Å². The summed E-state index contributed by atoms with van der Waals surface area (Å²) in [5, 5.41) is 3.42. The molecule has 1 rings (SSSR count). The highest BCUT2D eigenvalue weighted by Crippen LogP contribution is 2.20. The van der Waals surface area contributed by atoms with E-state index in [0.29, 0.717) is 6.54 Å². The molecule has 0 amide bonds. The third-order valence-corrected chi connectivity index (χ3v) is 3.91. The Morgan fingerprint density at radius 2 is 2.25 bits per heavy atom. The molecule has 0 saturated heterocycles. The zero-order valence-electron chi connectivity index (χ0n) is 10.4. The second-order valence-corrected chi connectivity index (χ2v) is 5.35. The normalized spacial score (nSPS) is 13.0. The fourth-order valence-electron chi connectivity index (χ4n) is 1.54. The second-order valence-electron chi connectivity index (χ2n) is 4.01. The van der Waals surface area contributed by atoms with Crippen molar-refractivity contribution in [3.8, 4) is 0 Å². The Morgan fingerprint density at radius 3 is 2.75 bits per heavy atom. The Bertz CT molecular complexity index is 288. The molecular weight excluding hydrogens is 220 g/mol. The summed E-state index contributed by atoms with van der Waals surface area (Å²) in [5.41, 5.74) is 6.94. The topological polar surface area (TPSA) is 47.3 Å². The van der Waals surface area contributed by atoms with Crippen LogP contribution in [0.5, 0.6) is 0 Å². The molecule has 1 aromatic heterocycles. The number of rotatable bonds is 7. The van der Waals surface area contributed by atoms with E-state index in [2.05, 4.69) is 25.2 Å². The number of hydrogen-bond donors (Lipinski definition) is 2. The number of aryl methyl sites for hydroxylation is 2. The van der Waals surface area contributed by atoms with Crippen LogP contribution in [-0.2, 0) is 11.3 Å². The molecule has 1 heterocycles. The van der Waals surface area contributed by atoms with Crippen LogP contribution in [0, 0.1) is 13.8 Å². The molecule has 92 valence electrons. The summed E-state index contributed by atoms with van der Waals surface area (Å²) in [6.07, 6.45) is 1.15. The van der Waals surface area contributed by atoms with Gasteiger partial charge >= 0.3 is 0 Å². The highest BCUT2D eigenvalue weighted by Gasteiger charge is 2.04. The lowest BCUT2D eigenvalue weighted by Crippen LogP contribution is -2.27. The van der Waals surface area contributed by atoms with Crippen molar-refractivity contribution in [3.63, 3.8) is 0 Å². The highest BCUT2D eigenvalue weighted by atomic mass is 32.1. The number of methoxy groups -OCH3 is 1. The Hall–Kier alpha value is -0.420. The van der Waals surface area contributed by atoms with Crippen molar-refractivity contribution in [1.29, 1.82) is 0 Å². The monoisotopic (exact) mass is 242 g/mol. The van der Waals surface area contributed by atoms with E-state index < -0.39 is 0 Å². The Morgan fingerprint density at radius 1 is 1.50 bits per heavy atom. The minimum absolute atomic E-state index is 0.180. The lowest BCUT2D eigenvalue weighted by Gasteiger charge is -2.12. The van der Waals surface area contributed by atoms with Crippen molar-refractivity contribution in [3.05, 3.63) is 21.4 Å². The van der Waals surface area contributed by atoms with E-state index in [0.717, 1.165) is 19.5 Å². The minimum Gasteiger partial charge on any atom is -0.380 e. The predicted molar refractivity (Wildman–Crippen MR) is 70.0 cm³/mol. The molecule has 3 nitrogen and oxygen atoms in total. The molecule has 0 aliphatic carbocycles. The Labute approximate surface area is 102 Å². The van der Waals surface area contributed by atoms with Crippen LogP contribution in [0.25, 0.3) is 0 Å². The van der Waals surface area contributed by atoms with E-state index in [9.17, 15) is 0 Å². The maximum Gasteiger partial charge on any atom is 0.0705 e. The van der Waals surface area contributed by atoms with E-state index in [4.69, 9.17) is 10.5 Å². The van der Waals surface area contributed by atoms with Crippen molar-refractivity contribution in [2.75, 3.05) is 20.2 Å². The Kier molecular flexibility index (Phi) is 5.98. The molecule has 0 aliphatic heterocycles. The van der Waals surface area contributed by atoms with Crippen molar-refractivity contribution < 1.29 is 4.74 Å². The first-order valence-electron chi connectivity index (χ1n) is 5.66. The van der Waals surface area contributed by atoms with Crippen LogP contribution in [0.1, 0.15) is 21.7 Å². The average molecular weight is 242 g/mol. The number of ether oxygens (including phenoxy) is 1. The molecule has 3 N–H and O–H groups in total. The summed E-state index contributed by atoms with van der Waals surface area (Å²) in [6.45, 7) is 6.81. The zero-order chi connectivity index (χ0) is 12.0. The van der Waals surface area contributed by atoms with E-state index >= 15 is 0 Å². The lowest BCUT2D eigenvalue weighted by molar-refractivity contribution is 0.102. The number of nitrogens with two attached hydrogens (primary N) is 1. The van der Waals surface area contributed by atoms with Crippen LogP contribution in [-0.4, -0.2) is 26.3 Å². The Balaban J connectivity index is 2.20. The van der Waals surface area contributed by atoms with E-state index in [1.807, 2.05) is 11.3 Å². The maximum absolute atomic E-state index is 5.55. The smallest absolute Gasteiger partial charge is 0.0705 e. The molecule has 1 aromatic rings. The van der Waals surface area contributed by atoms with Gasteiger partial charge < -0.3 is 15.8 Å². The van der Waals surface area contributed by atoms with Crippen LogP contribution >= 0.6 is 11.3 Å². The summed E-state index contributed by atoms with van der Waals surface area (Å²) in [7, 11) is 1.71. The van der Waals surface area contributed by atoms with Gasteiger partial charge in [0.2, 0.25) is 0 Å². The van der Waals surface area contributed by atoms with Crippen LogP contribution in [0.4, 0.5) is 0 Å². The average Bonchev–Trinajstić information content (AvgIpc) is 2.59. The van der Waals surface area contributed by atoms with Gasteiger partial charge in [0.05, 0.1) is 6.10 Å². The van der Waals surface area contributed by atoms with Gasteiger partial charge in [-0.05, 0) is 38.4 Å². The largest absolute Gasteiger partial charge is 0.380 e. The van der Waals surface area contributed by atoms with Gasteiger partial charge in [0.1, 0.15) is 0 Å². The number of thiophene rings is 1. The summed E-state index contributed by atoms with van der Waals surface area (Å²) >= 11 is 1.87. The van der Waals surface area contributed by atoms with Crippen molar-refractivity contribution in [1.82, 2.24) is 5.32 Å². The molecule has 0 saturated carbocycles. The third kappa shape index (κ3) is 4.22. The zero-order valence-corrected chi connectivity index (χ0v) is 11.2. The molecule has 16 heavy (non-hydrogen) atoms. The number of hydrogen-bond acceptors (Lipinski definition) is 4.